The first-order chi connectivity index (χ1) is 7.65. The Morgan fingerprint density at radius 1 is 1.12 bits per heavy atom. The van der Waals surface area contributed by atoms with Crippen LogP contribution in [0.2, 0.25) is 10.0 Å². The van der Waals surface area contributed by atoms with Gasteiger partial charge in [0.2, 0.25) is 5.88 Å². The quantitative estimate of drug-likeness (QED) is 0.787. The molecule has 2 aromatic rings. The smallest absolute Gasteiger partial charge is 0.219 e. The number of hydrogen-bond donors (Lipinski definition) is 0. The van der Waals surface area contributed by atoms with E-state index in [-0.39, 0.29) is 0 Å². The molecular formula is C12H9Cl2NO. The summed E-state index contributed by atoms with van der Waals surface area (Å²) in [4.78, 5) is 4.02. The normalized spacial score (nSPS) is 10.2. The number of nitrogens with zero attached hydrogens (tertiary/aromatic N) is 1. The number of aromatic nitrogens is 1. The summed E-state index contributed by atoms with van der Waals surface area (Å²) in [5.74, 6) is 1.05. The van der Waals surface area contributed by atoms with Crippen molar-refractivity contribution < 1.29 is 4.74 Å². The summed E-state index contributed by atoms with van der Waals surface area (Å²) < 4.78 is 5.52. The maximum atomic E-state index is 6.03. The predicted molar refractivity (Wildman–Crippen MR) is 65.5 cm³/mol. The first kappa shape index (κ1) is 11.2. The highest BCUT2D eigenvalue weighted by Crippen LogP contribution is 2.29. The van der Waals surface area contributed by atoms with Crippen LogP contribution in [0.25, 0.3) is 0 Å². The van der Waals surface area contributed by atoms with Gasteiger partial charge in [0, 0.05) is 12.3 Å². The van der Waals surface area contributed by atoms with E-state index in [1.165, 1.54) is 6.20 Å². The number of hydrogen-bond acceptors (Lipinski definition) is 2. The SMILES string of the molecule is Cc1ccc(Oc2ccc(Cl)cn2)c(Cl)c1. The lowest BCUT2D eigenvalue weighted by Gasteiger charge is -2.06. The topological polar surface area (TPSA) is 22.1 Å². The van der Waals surface area contributed by atoms with E-state index >= 15 is 0 Å². The Morgan fingerprint density at radius 3 is 2.56 bits per heavy atom. The Balaban J connectivity index is 2.23. The molecule has 1 aromatic heterocycles. The average Bonchev–Trinajstić information content (AvgIpc) is 2.25. The monoisotopic (exact) mass is 253 g/mol. The number of ether oxygens (including phenoxy) is 1. The van der Waals surface area contributed by atoms with E-state index in [0.717, 1.165) is 5.56 Å². The van der Waals surface area contributed by atoms with E-state index in [1.807, 2.05) is 25.1 Å². The van der Waals surface area contributed by atoms with Crippen LogP contribution in [0.1, 0.15) is 5.56 Å². The molecule has 2 nitrogen and oxygen atoms in total. The van der Waals surface area contributed by atoms with Crippen LogP contribution in [0, 0.1) is 6.92 Å². The Morgan fingerprint density at radius 2 is 1.94 bits per heavy atom. The number of aryl methyl sites for hydroxylation is 1. The van der Waals surface area contributed by atoms with Gasteiger partial charge in [-0.2, -0.15) is 0 Å². The van der Waals surface area contributed by atoms with Crippen LogP contribution in [0.4, 0.5) is 0 Å². The van der Waals surface area contributed by atoms with Crippen molar-refractivity contribution in [1.82, 2.24) is 4.98 Å². The summed E-state index contributed by atoms with van der Waals surface area (Å²) in [5, 5.41) is 1.14. The molecule has 0 spiro atoms. The van der Waals surface area contributed by atoms with E-state index in [9.17, 15) is 0 Å². The second kappa shape index (κ2) is 4.73. The van der Waals surface area contributed by atoms with Gasteiger partial charge in [-0.05, 0) is 30.7 Å². The number of rotatable bonds is 2. The van der Waals surface area contributed by atoms with Gasteiger partial charge < -0.3 is 4.74 Å². The van der Waals surface area contributed by atoms with Gasteiger partial charge in [0.1, 0.15) is 5.75 Å². The van der Waals surface area contributed by atoms with E-state index in [1.54, 1.807) is 12.1 Å². The Bertz CT molecular complexity index is 497. The van der Waals surface area contributed by atoms with Crippen molar-refractivity contribution in [1.29, 1.82) is 0 Å². The van der Waals surface area contributed by atoms with Gasteiger partial charge in [-0.1, -0.05) is 29.3 Å². The maximum Gasteiger partial charge on any atom is 0.219 e. The molecule has 2 rings (SSSR count). The fraction of sp³-hybridized carbons (Fsp3) is 0.0833. The average molecular weight is 254 g/mol. The lowest BCUT2D eigenvalue weighted by molar-refractivity contribution is 0.463. The molecule has 0 bridgehead atoms. The number of pyridine rings is 1. The molecule has 0 saturated heterocycles. The molecule has 0 atom stereocenters. The van der Waals surface area contributed by atoms with Gasteiger partial charge in [-0.15, -0.1) is 0 Å². The molecule has 0 aliphatic heterocycles. The molecule has 1 heterocycles. The van der Waals surface area contributed by atoms with Crippen LogP contribution >= 0.6 is 23.2 Å². The van der Waals surface area contributed by atoms with E-state index in [4.69, 9.17) is 27.9 Å². The summed E-state index contributed by atoms with van der Waals surface area (Å²) in [6.07, 6.45) is 1.53. The highest BCUT2D eigenvalue weighted by molar-refractivity contribution is 6.32. The summed E-state index contributed by atoms with van der Waals surface area (Å²) in [6, 6.07) is 8.99. The van der Waals surface area contributed by atoms with Crippen molar-refractivity contribution in [2.24, 2.45) is 0 Å². The third-order valence-corrected chi connectivity index (χ3v) is 2.52. The van der Waals surface area contributed by atoms with Crippen LogP contribution in [0.3, 0.4) is 0 Å². The number of benzene rings is 1. The third kappa shape index (κ3) is 2.65. The zero-order valence-electron chi connectivity index (χ0n) is 8.58. The molecule has 0 unspecified atom stereocenters. The van der Waals surface area contributed by atoms with E-state index in [0.29, 0.717) is 21.7 Å². The maximum absolute atomic E-state index is 6.03. The zero-order valence-corrected chi connectivity index (χ0v) is 10.1. The fourth-order valence-electron chi connectivity index (χ4n) is 1.22. The molecule has 0 aliphatic carbocycles. The third-order valence-electron chi connectivity index (χ3n) is 2.00. The van der Waals surface area contributed by atoms with Crippen molar-refractivity contribution in [2.45, 2.75) is 6.92 Å². The molecule has 4 heteroatoms. The lowest BCUT2D eigenvalue weighted by atomic mass is 10.2. The van der Waals surface area contributed by atoms with Crippen molar-refractivity contribution in [3.63, 3.8) is 0 Å². The predicted octanol–water partition coefficient (Wildman–Crippen LogP) is 4.49. The van der Waals surface area contributed by atoms with Crippen LogP contribution in [0.15, 0.2) is 36.5 Å². The highest BCUT2D eigenvalue weighted by Gasteiger charge is 2.03. The van der Waals surface area contributed by atoms with Gasteiger partial charge in [0.15, 0.2) is 0 Å². The highest BCUT2D eigenvalue weighted by atomic mass is 35.5. The van der Waals surface area contributed by atoms with Crippen LogP contribution in [0.5, 0.6) is 11.6 Å². The van der Waals surface area contributed by atoms with Crippen molar-refractivity contribution >= 4 is 23.2 Å². The van der Waals surface area contributed by atoms with E-state index < -0.39 is 0 Å². The summed E-state index contributed by atoms with van der Waals surface area (Å²) in [7, 11) is 0. The van der Waals surface area contributed by atoms with Gasteiger partial charge in [0.05, 0.1) is 10.0 Å². The van der Waals surface area contributed by atoms with Gasteiger partial charge in [-0.3, -0.25) is 0 Å². The van der Waals surface area contributed by atoms with Crippen LogP contribution < -0.4 is 4.74 Å². The van der Waals surface area contributed by atoms with E-state index in [2.05, 4.69) is 4.98 Å². The molecule has 0 aliphatic rings. The second-order valence-corrected chi connectivity index (χ2v) is 4.19. The Labute approximate surface area is 104 Å². The van der Waals surface area contributed by atoms with Gasteiger partial charge in [0.25, 0.3) is 0 Å². The molecule has 1 aromatic carbocycles. The molecule has 82 valence electrons. The minimum atomic E-state index is 0.468. The van der Waals surface area contributed by atoms with Crippen molar-refractivity contribution in [3.8, 4) is 11.6 Å². The lowest BCUT2D eigenvalue weighted by Crippen LogP contribution is -1.88. The van der Waals surface area contributed by atoms with Crippen LogP contribution in [-0.2, 0) is 0 Å². The first-order valence-electron chi connectivity index (χ1n) is 4.71. The van der Waals surface area contributed by atoms with Crippen LogP contribution in [-0.4, -0.2) is 4.98 Å². The molecule has 0 fully saturated rings. The summed E-state index contributed by atoms with van der Waals surface area (Å²) in [5.41, 5.74) is 1.08. The first-order valence-corrected chi connectivity index (χ1v) is 5.46. The molecule has 0 N–H and O–H groups in total. The molecular weight excluding hydrogens is 245 g/mol. The summed E-state index contributed by atoms with van der Waals surface area (Å²) in [6.45, 7) is 1.97. The van der Waals surface area contributed by atoms with Crippen molar-refractivity contribution in [2.75, 3.05) is 0 Å². The second-order valence-electron chi connectivity index (χ2n) is 3.35. The van der Waals surface area contributed by atoms with Crippen molar-refractivity contribution in [3.05, 3.63) is 52.1 Å². The zero-order chi connectivity index (χ0) is 11.5. The Hall–Kier alpha value is -1.25. The molecule has 0 amide bonds. The molecule has 0 saturated carbocycles. The standard InChI is InChI=1S/C12H9Cl2NO/c1-8-2-4-11(10(14)6-8)16-12-5-3-9(13)7-15-12/h2-7H,1H3. The Kier molecular flexibility index (Phi) is 3.32. The fourth-order valence-corrected chi connectivity index (χ4v) is 1.61. The number of halogens is 2. The molecule has 16 heavy (non-hydrogen) atoms. The van der Waals surface area contributed by atoms with Gasteiger partial charge in [-0.25, -0.2) is 4.98 Å². The summed E-state index contributed by atoms with van der Waals surface area (Å²) >= 11 is 11.8. The van der Waals surface area contributed by atoms with Gasteiger partial charge >= 0.3 is 0 Å². The minimum Gasteiger partial charge on any atom is -0.437 e. The largest absolute Gasteiger partial charge is 0.437 e. The minimum absolute atomic E-state index is 0.468. The molecule has 0 radical (unpaired) electrons.